The lowest BCUT2D eigenvalue weighted by Crippen LogP contribution is -2.31. The van der Waals surface area contributed by atoms with Gasteiger partial charge in [0.2, 0.25) is 0 Å². The molecule has 0 spiro atoms. The Morgan fingerprint density at radius 2 is 1.83 bits per heavy atom. The predicted octanol–water partition coefficient (Wildman–Crippen LogP) is 5.01. The summed E-state index contributed by atoms with van der Waals surface area (Å²) >= 11 is 16.7. The first-order chi connectivity index (χ1) is 13.9. The number of thiocarbonyl (C=S) groups is 1. The molecule has 0 amide bonds. The highest BCUT2D eigenvalue weighted by molar-refractivity contribution is 7.80. The summed E-state index contributed by atoms with van der Waals surface area (Å²) < 4.78 is 54.0. The summed E-state index contributed by atoms with van der Waals surface area (Å²) in [5.74, 6) is -0.858. The molecule has 3 rings (SSSR count). The van der Waals surface area contributed by atoms with Gasteiger partial charge in [0, 0.05) is 5.56 Å². The van der Waals surface area contributed by atoms with Crippen molar-refractivity contribution >= 4 is 51.4 Å². The van der Waals surface area contributed by atoms with E-state index in [1.807, 2.05) is 6.07 Å². The second-order valence-corrected chi connectivity index (χ2v) is 7.90. The highest BCUT2D eigenvalue weighted by Crippen LogP contribution is 2.36. The zero-order valence-corrected chi connectivity index (χ0v) is 17.4. The molecular weight excluding hydrogens is 465 g/mol. The van der Waals surface area contributed by atoms with E-state index >= 15 is 0 Å². The number of rotatable bonds is 4. The maximum Gasteiger partial charge on any atom is 0.416 e. The number of nitrogens with two attached hydrogens (primary N) is 1. The molecule has 1 unspecified atom stereocenters. The fourth-order valence-electron chi connectivity index (χ4n) is 2.94. The van der Waals surface area contributed by atoms with Crippen LogP contribution < -0.4 is 5.73 Å². The van der Waals surface area contributed by atoms with E-state index in [0.717, 1.165) is 29.1 Å². The molecule has 1 aromatic heterocycles. The third-order valence-electron chi connectivity index (χ3n) is 4.46. The van der Waals surface area contributed by atoms with Crippen molar-refractivity contribution in [2.24, 2.45) is 5.73 Å². The van der Waals surface area contributed by atoms with Gasteiger partial charge in [-0.05, 0) is 30.7 Å². The van der Waals surface area contributed by atoms with E-state index in [0.29, 0.717) is 0 Å². The molecule has 0 saturated heterocycles. The maximum atomic E-state index is 14.3. The van der Waals surface area contributed by atoms with Crippen LogP contribution in [-0.2, 0) is 18.1 Å². The number of nitrogens with zero attached hydrogens (tertiary/aromatic N) is 4. The normalized spacial score (nSPS) is 13.8. The lowest BCUT2D eigenvalue weighted by Gasteiger charge is -2.25. The first kappa shape index (κ1) is 22.2. The number of aromatic nitrogens is 3. The second-order valence-electron chi connectivity index (χ2n) is 6.65. The summed E-state index contributed by atoms with van der Waals surface area (Å²) in [7, 11) is 0. The molecule has 1 atom stereocenters. The molecule has 156 valence electrons. The molecule has 2 aromatic carbocycles. The number of hydrogen-bond donors (Lipinski definition) is 1. The van der Waals surface area contributed by atoms with Gasteiger partial charge in [-0.2, -0.15) is 33.4 Å². The Labute approximate surface area is 183 Å². The molecule has 5 nitrogen and oxygen atoms in total. The van der Waals surface area contributed by atoms with Gasteiger partial charge in [0.15, 0.2) is 11.3 Å². The summed E-state index contributed by atoms with van der Waals surface area (Å²) in [6.45, 7) is 1.05. The van der Waals surface area contributed by atoms with Gasteiger partial charge in [-0.25, -0.2) is 4.39 Å². The van der Waals surface area contributed by atoms with Crippen LogP contribution >= 0.6 is 35.4 Å². The molecule has 2 N–H and O–H groups in total. The average molecular weight is 476 g/mol. The van der Waals surface area contributed by atoms with Gasteiger partial charge in [0.25, 0.3) is 0 Å². The summed E-state index contributed by atoms with van der Waals surface area (Å²) in [4.78, 5) is 0.794. The van der Waals surface area contributed by atoms with E-state index in [2.05, 4.69) is 10.2 Å². The van der Waals surface area contributed by atoms with E-state index in [9.17, 15) is 22.8 Å². The summed E-state index contributed by atoms with van der Waals surface area (Å²) in [5.41, 5.74) is 2.90. The van der Waals surface area contributed by atoms with Gasteiger partial charge in [0.1, 0.15) is 15.9 Å². The minimum absolute atomic E-state index is 0.00234. The van der Waals surface area contributed by atoms with Crippen molar-refractivity contribution in [1.82, 2.24) is 15.0 Å². The Kier molecular flexibility index (Phi) is 5.66. The summed E-state index contributed by atoms with van der Waals surface area (Å²) in [6, 6.07) is 5.87. The average Bonchev–Trinajstić information content (AvgIpc) is 3.09. The van der Waals surface area contributed by atoms with Crippen molar-refractivity contribution in [1.29, 1.82) is 5.26 Å². The van der Waals surface area contributed by atoms with E-state index in [4.69, 9.17) is 41.2 Å². The molecule has 0 fully saturated rings. The molecule has 3 aromatic rings. The van der Waals surface area contributed by atoms with Crippen LogP contribution in [0.4, 0.5) is 17.6 Å². The first-order valence-electron chi connectivity index (χ1n) is 8.18. The maximum absolute atomic E-state index is 14.3. The molecule has 30 heavy (non-hydrogen) atoms. The summed E-state index contributed by atoms with van der Waals surface area (Å²) in [5, 5.41) is 17.6. The second kappa shape index (κ2) is 7.65. The summed E-state index contributed by atoms with van der Waals surface area (Å²) in [6.07, 6.45) is -4.65. The van der Waals surface area contributed by atoms with Gasteiger partial charge < -0.3 is 5.73 Å². The molecule has 1 heterocycles. The number of halogens is 6. The number of alkyl halides is 3. The molecule has 0 bridgehead atoms. The van der Waals surface area contributed by atoms with E-state index in [1.54, 1.807) is 0 Å². The molecular formula is C18H11Cl2F4N5S. The number of nitriles is 1. The van der Waals surface area contributed by atoms with Crippen molar-refractivity contribution in [3.63, 3.8) is 0 Å². The van der Waals surface area contributed by atoms with Crippen LogP contribution in [0.2, 0.25) is 10.0 Å². The molecule has 0 radical (unpaired) electrons. The van der Waals surface area contributed by atoms with Crippen LogP contribution in [0.25, 0.3) is 11.0 Å². The van der Waals surface area contributed by atoms with Gasteiger partial charge in [-0.1, -0.05) is 41.5 Å². The Bertz CT molecular complexity index is 1220. The lowest BCUT2D eigenvalue weighted by atomic mass is 9.80. The zero-order valence-electron chi connectivity index (χ0n) is 15.1. The molecule has 0 aliphatic heterocycles. The van der Waals surface area contributed by atoms with Crippen molar-refractivity contribution in [2.45, 2.75) is 25.1 Å². The number of hydrogen-bond acceptors (Lipinski definition) is 4. The van der Waals surface area contributed by atoms with Crippen molar-refractivity contribution in [2.75, 3.05) is 0 Å². The van der Waals surface area contributed by atoms with Crippen LogP contribution in [0.1, 0.15) is 23.6 Å². The quantitative estimate of drug-likeness (QED) is 0.325. The van der Waals surface area contributed by atoms with Crippen LogP contribution in [0.15, 0.2) is 24.3 Å². The zero-order chi connectivity index (χ0) is 22.4. The topological polar surface area (TPSA) is 80.5 Å². The Morgan fingerprint density at radius 1 is 1.20 bits per heavy atom. The fourth-order valence-corrected chi connectivity index (χ4v) is 3.61. The lowest BCUT2D eigenvalue weighted by molar-refractivity contribution is -0.137. The van der Waals surface area contributed by atoms with Crippen LogP contribution in [0, 0.1) is 17.1 Å². The van der Waals surface area contributed by atoms with E-state index in [-0.39, 0.29) is 43.7 Å². The van der Waals surface area contributed by atoms with Gasteiger partial charge in [-0.3, -0.25) is 0 Å². The molecule has 0 aliphatic carbocycles. The number of fused-ring (bicyclic) bond motifs is 1. The monoisotopic (exact) mass is 475 g/mol. The van der Waals surface area contributed by atoms with Crippen molar-refractivity contribution < 1.29 is 17.6 Å². The van der Waals surface area contributed by atoms with Crippen molar-refractivity contribution in [3.05, 3.63) is 56.8 Å². The van der Waals surface area contributed by atoms with Crippen molar-refractivity contribution in [3.8, 4) is 6.07 Å². The Hall–Kier alpha value is -2.48. The Balaban J connectivity index is 2.16. The SMILES string of the molecule is CC(C#N)(Cn1nc2c(Cl)cc(Cl)c(F)c2n1)c1cc(C(F)(F)F)ccc1C(N)=S. The van der Waals surface area contributed by atoms with Crippen LogP contribution in [0.5, 0.6) is 0 Å². The fraction of sp³-hybridized carbons (Fsp3) is 0.222. The standard InChI is InChI=1S/C18H11Cl2F4N5S/c1-17(6-25,10-4-8(18(22,23)24)2-3-9(10)16(26)30)7-29-27-14-12(20)5-11(19)13(21)15(14)28-29/h2-5H,7H2,1H3,(H2,26,30). The minimum atomic E-state index is -4.65. The van der Waals surface area contributed by atoms with E-state index in [1.165, 1.54) is 6.92 Å². The van der Waals surface area contributed by atoms with Gasteiger partial charge in [-0.15, -0.1) is 0 Å². The highest BCUT2D eigenvalue weighted by Gasteiger charge is 2.37. The van der Waals surface area contributed by atoms with Gasteiger partial charge in [0.05, 0.1) is 28.2 Å². The molecule has 0 saturated carbocycles. The smallest absolute Gasteiger partial charge is 0.389 e. The molecule has 12 heteroatoms. The van der Waals surface area contributed by atoms with Crippen LogP contribution in [0.3, 0.4) is 0 Å². The van der Waals surface area contributed by atoms with E-state index < -0.39 is 23.0 Å². The number of benzene rings is 2. The largest absolute Gasteiger partial charge is 0.416 e. The van der Waals surface area contributed by atoms with Crippen LogP contribution in [-0.4, -0.2) is 20.0 Å². The highest BCUT2D eigenvalue weighted by atomic mass is 35.5. The first-order valence-corrected chi connectivity index (χ1v) is 9.35. The van der Waals surface area contributed by atoms with Gasteiger partial charge >= 0.3 is 6.18 Å². The minimum Gasteiger partial charge on any atom is -0.389 e. The Morgan fingerprint density at radius 3 is 2.40 bits per heavy atom. The predicted molar refractivity (Wildman–Crippen MR) is 108 cm³/mol. The third kappa shape index (κ3) is 3.93. The molecule has 0 aliphatic rings. The third-order valence-corrected chi connectivity index (χ3v) is 5.25.